The maximum absolute atomic E-state index is 13.3. The monoisotopic (exact) mass is 313 g/mol. The third kappa shape index (κ3) is 3.04. The van der Waals surface area contributed by atoms with Gasteiger partial charge in [0.25, 0.3) is 0 Å². The summed E-state index contributed by atoms with van der Waals surface area (Å²) in [5.41, 5.74) is 3.29. The summed E-state index contributed by atoms with van der Waals surface area (Å²) in [5.74, 6) is -2.65. The average molecular weight is 313 g/mol. The second-order valence-corrected chi connectivity index (χ2v) is 5.32. The van der Waals surface area contributed by atoms with Crippen molar-refractivity contribution in [2.45, 2.75) is 13.8 Å². The van der Waals surface area contributed by atoms with E-state index in [-0.39, 0.29) is 17.2 Å². The Morgan fingerprint density at radius 1 is 1.04 bits per heavy atom. The highest BCUT2D eigenvalue weighted by Gasteiger charge is 2.25. The zero-order valence-corrected chi connectivity index (χ0v) is 12.6. The van der Waals surface area contributed by atoms with Crippen LogP contribution in [0.1, 0.15) is 22.3 Å². The summed E-state index contributed by atoms with van der Waals surface area (Å²) in [6.07, 6.45) is 1.62. The lowest BCUT2D eigenvalue weighted by molar-refractivity contribution is -0.129. The first-order valence-electron chi connectivity index (χ1n) is 6.99. The van der Waals surface area contributed by atoms with E-state index in [2.05, 4.69) is 4.99 Å². The third-order valence-corrected chi connectivity index (χ3v) is 3.50. The van der Waals surface area contributed by atoms with Gasteiger partial charge in [-0.1, -0.05) is 23.8 Å². The van der Waals surface area contributed by atoms with E-state index in [1.54, 1.807) is 6.08 Å². The third-order valence-electron chi connectivity index (χ3n) is 3.50. The van der Waals surface area contributed by atoms with E-state index in [4.69, 9.17) is 4.74 Å². The summed E-state index contributed by atoms with van der Waals surface area (Å²) in [4.78, 5) is 16.0. The molecule has 2 aromatic rings. The summed E-state index contributed by atoms with van der Waals surface area (Å²) in [6, 6.07) is 9.03. The number of esters is 1. The van der Waals surface area contributed by atoms with E-state index in [0.717, 1.165) is 28.8 Å². The molecular weight excluding hydrogens is 300 g/mol. The van der Waals surface area contributed by atoms with Gasteiger partial charge in [0.1, 0.15) is 0 Å². The molecule has 0 aliphatic carbocycles. The number of ether oxygens (including phenoxy) is 1. The van der Waals surface area contributed by atoms with Crippen molar-refractivity contribution in [3.8, 4) is 0 Å². The van der Waals surface area contributed by atoms with Crippen LogP contribution in [0.25, 0.3) is 6.08 Å². The Morgan fingerprint density at radius 2 is 1.83 bits per heavy atom. The zero-order chi connectivity index (χ0) is 16.6. The van der Waals surface area contributed by atoms with E-state index in [1.807, 2.05) is 32.0 Å². The molecule has 0 amide bonds. The number of nitrogens with zero attached hydrogens (tertiary/aromatic N) is 1. The van der Waals surface area contributed by atoms with Crippen molar-refractivity contribution in [3.05, 3.63) is 76.0 Å². The molecule has 0 spiro atoms. The number of rotatable bonds is 2. The summed E-state index contributed by atoms with van der Waals surface area (Å²) in [5, 5.41) is 0. The highest BCUT2D eigenvalue weighted by molar-refractivity contribution is 6.12. The molecule has 0 N–H and O–H groups in total. The number of cyclic esters (lactones) is 1. The van der Waals surface area contributed by atoms with Gasteiger partial charge in [-0.2, -0.15) is 0 Å². The molecule has 116 valence electrons. The number of aryl methyl sites for hydroxylation is 2. The number of hydrogen-bond donors (Lipinski definition) is 0. The minimum atomic E-state index is -1.02. The fourth-order valence-corrected chi connectivity index (χ4v) is 2.30. The smallest absolute Gasteiger partial charge is 0.363 e. The van der Waals surface area contributed by atoms with Crippen molar-refractivity contribution in [3.63, 3.8) is 0 Å². The van der Waals surface area contributed by atoms with E-state index >= 15 is 0 Å². The molecule has 0 unspecified atom stereocenters. The second-order valence-electron chi connectivity index (χ2n) is 5.32. The maximum Gasteiger partial charge on any atom is 0.363 e. The van der Waals surface area contributed by atoms with Crippen LogP contribution in [0, 0.1) is 25.5 Å². The topological polar surface area (TPSA) is 38.7 Å². The van der Waals surface area contributed by atoms with Crippen LogP contribution in [-0.2, 0) is 9.53 Å². The van der Waals surface area contributed by atoms with Crippen LogP contribution >= 0.6 is 0 Å². The lowest BCUT2D eigenvalue weighted by Crippen LogP contribution is -2.06. The maximum atomic E-state index is 13.3. The Hall–Kier alpha value is -2.82. The second kappa shape index (κ2) is 5.76. The number of hydrogen-bond acceptors (Lipinski definition) is 3. The van der Waals surface area contributed by atoms with E-state index in [0.29, 0.717) is 0 Å². The predicted octanol–water partition coefficient (Wildman–Crippen LogP) is 3.93. The molecule has 0 fully saturated rings. The highest BCUT2D eigenvalue weighted by atomic mass is 19.2. The van der Waals surface area contributed by atoms with Gasteiger partial charge in [0.2, 0.25) is 5.90 Å². The van der Waals surface area contributed by atoms with Gasteiger partial charge < -0.3 is 4.74 Å². The van der Waals surface area contributed by atoms with Gasteiger partial charge in [-0.15, -0.1) is 0 Å². The van der Waals surface area contributed by atoms with Crippen LogP contribution in [0.4, 0.5) is 8.78 Å². The first-order valence-corrected chi connectivity index (χ1v) is 6.99. The Balaban J connectivity index is 1.97. The first kappa shape index (κ1) is 15.1. The van der Waals surface area contributed by atoms with Crippen LogP contribution < -0.4 is 0 Å². The molecule has 1 aliphatic heterocycles. The average Bonchev–Trinajstić information content (AvgIpc) is 2.86. The van der Waals surface area contributed by atoms with Gasteiger partial charge in [-0.3, -0.25) is 0 Å². The zero-order valence-electron chi connectivity index (χ0n) is 12.6. The summed E-state index contributed by atoms with van der Waals surface area (Å²) < 4.78 is 31.3. The van der Waals surface area contributed by atoms with E-state index in [1.165, 1.54) is 6.07 Å². The fourth-order valence-electron chi connectivity index (χ4n) is 2.30. The summed E-state index contributed by atoms with van der Waals surface area (Å²) in [6.45, 7) is 3.91. The van der Waals surface area contributed by atoms with Crippen LogP contribution in [0.5, 0.6) is 0 Å². The van der Waals surface area contributed by atoms with Crippen molar-refractivity contribution in [1.82, 2.24) is 0 Å². The number of benzene rings is 2. The van der Waals surface area contributed by atoms with Crippen molar-refractivity contribution in [2.24, 2.45) is 4.99 Å². The first-order chi connectivity index (χ1) is 10.9. The van der Waals surface area contributed by atoms with Crippen molar-refractivity contribution in [1.29, 1.82) is 0 Å². The van der Waals surface area contributed by atoms with Gasteiger partial charge in [0, 0.05) is 5.56 Å². The van der Waals surface area contributed by atoms with E-state index < -0.39 is 17.6 Å². The van der Waals surface area contributed by atoms with Gasteiger partial charge in [-0.05, 0) is 49.2 Å². The van der Waals surface area contributed by atoms with Gasteiger partial charge in [-0.25, -0.2) is 18.6 Å². The van der Waals surface area contributed by atoms with Crippen molar-refractivity contribution < 1.29 is 18.3 Å². The molecule has 5 heteroatoms. The molecule has 3 nitrogen and oxygen atoms in total. The molecule has 0 saturated heterocycles. The summed E-state index contributed by atoms with van der Waals surface area (Å²) >= 11 is 0. The normalized spacial score (nSPS) is 15.7. The SMILES string of the molecule is Cc1ccc(/C=C2\N=C(c3ccc(F)c(F)c3)OC2=O)c(C)c1. The number of halogens is 2. The minimum Gasteiger partial charge on any atom is -0.402 e. The lowest BCUT2D eigenvalue weighted by atomic mass is 10.0. The minimum absolute atomic E-state index is 0.0371. The molecular formula is C18H13F2NO2. The molecule has 0 radical (unpaired) electrons. The fraction of sp³-hybridized carbons (Fsp3) is 0.111. The molecule has 2 aromatic carbocycles. The number of carbonyl (C=O) groups is 1. The lowest BCUT2D eigenvalue weighted by Gasteiger charge is -2.01. The Bertz CT molecular complexity index is 869. The van der Waals surface area contributed by atoms with Crippen LogP contribution in [0.3, 0.4) is 0 Å². The summed E-state index contributed by atoms with van der Waals surface area (Å²) in [7, 11) is 0. The molecule has 1 aliphatic rings. The van der Waals surface area contributed by atoms with Crippen LogP contribution in [0.2, 0.25) is 0 Å². The molecule has 23 heavy (non-hydrogen) atoms. The van der Waals surface area contributed by atoms with Gasteiger partial charge >= 0.3 is 5.97 Å². The molecule has 0 bridgehead atoms. The van der Waals surface area contributed by atoms with Gasteiger partial charge in [0.15, 0.2) is 17.3 Å². The van der Waals surface area contributed by atoms with Crippen molar-refractivity contribution in [2.75, 3.05) is 0 Å². The largest absolute Gasteiger partial charge is 0.402 e. The Labute approximate surface area is 131 Å². The standard InChI is InChI=1S/C18H13F2NO2/c1-10-3-4-12(11(2)7-10)9-16-18(22)23-17(21-16)13-5-6-14(19)15(20)8-13/h3-9H,1-2H3/b16-9-. The quantitative estimate of drug-likeness (QED) is 0.622. The van der Waals surface area contributed by atoms with Crippen molar-refractivity contribution >= 4 is 17.9 Å². The molecule has 0 aromatic heterocycles. The Kier molecular flexibility index (Phi) is 3.78. The van der Waals surface area contributed by atoms with E-state index in [9.17, 15) is 13.6 Å². The Morgan fingerprint density at radius 3 is 2.52 bits per heavy atom. The number of carbonyl (C=O) groups excluding carboxylic acids is 1. The molecule has 0 saturated carbocycles. The molecule has 3 rings (SSSR count). The van der Waals surface area contributed by atoms with Crippen LogP contribution in [0.15, 0.2) is 47.1 Å². The van der Waals surface area contributed by atoms with Gasteiger partial charge in [0.05, 0.1) is 0 Å². The highest BCUT2D eigenvalue weighted by Crippen LogP contribution is 2.22. The molecule has 0 atom stereocenters. The molecule has 1 heterocycles. The number of aliphatic imine (C=N–C) groups is 1. The van der Waals surface area contributed by atoms with Crippen LogP contribution in [-0.4, -0.2) is 11.9 Å². The predicted molar refractivity (Wildman–Crippen MR) is 82.9 cm³/mol.